The zero-order chi connectivity index (χ0) is 14.2. The zero-order valence-corrected chi connectivity index (χ0v) is 11.0. The average Bonchev–Trinajstić information content (AvgIpc) is 2.47. The SMILES string of the molecule is N#CCC(=O)Nc1cccc(CCc2ccncc2)c1. The van der Waals surface area contributed by atoms with Crippen molar-refractivity contribution in [2.45, 2.75) is 19.3 Å². The van der Waals surface area contributed by atoms with Gasteiger partial charge in [0, 0.05) is 18.1 Å². The molecule has 1 amide bonds. The molecule has 0 saturated heterocycles. The molecule has 4 heteroatoms. The molecule has 1 aromatic heterocycles. The van der Waals surface area contributed by atoms with Crippen LogP contribution in [0, 0.1) is 11.3 Å². The van der Waals surface area contributed by atoms with E-state index < -0.39 is 0 Å². The lowest BCUT2D eigenvalue weighted by atomic mass is 10.0. The van der Waals surface area contributed by atoms with Crippen molar-refractivity contribution in [3.8, 4) is 6.07 Å². The molecule has 2 rings (SSSR count). The van der Waals surface area contributed by atoms with Crippen LogP contribution in [0.5, 0.6) is 0 Å². The molecule has 100 valence electrons. The molecule has 0 saturated carbocycles. The maximum Gasteiger partial charge on any atom is 0.238 e. The Morgan fingerprint density at radius 1 is 1.15 bits per heavy atom. The van der Waals surface area contributed by atoms with Gasteiger partial charge >= 0.3 is 0 Å². The summed E-state index contributed by atoms with van der Waals surface area (Å²) in [7, 11) is 0. The molecule has 20 heavy (non-hydrogen) atoms. The summed E-state index contributed by atoms with van der Waals surface area (Å²) in [6, 6.07) is 13.5. The number of benzene rings is 1. The number of nitrogens with one attached hydrogen (secondary N) is 1. The van der Waals surface area contributed by atoms with Crippen LogP contribution in [0.25, 0.3) is 0 Å². The molecule has 4 nitrogen and oxygen atoms in total. The van der Waals surface area contributed by atoms with Gasteiger partial charge in [-0.1, -0.05) is 12.1 Å². The molecule has 0 radical (unpaired) electrons. The van der Waals surface area contributed by atoms with Gasteiger partial charge in [-0.15, -0.1) is 0 Å². The first kappa shape index (κ1) is 13.8. The Kier molecular flexibility index (Phi) is 4.85. The van der Waals surface area contributed by atoms with Gasteiger partial charge in [0.05, 0.1) is 6.07 Å². The van der Waals surface area contributed by atoms with Gasteiger partial charge in [0.15, 0.2) is 0 Å². The van der Waals surface area contributed by atoms with E-state index in [1.807, 2.05) is 42.5 Å². The molecule has 0 spiro atoms. The summed E-state index contributed by atoms with van der Waals surface area (Å²) in [6.07, 6.45) is 5.27. The Balaban J connectivity index is 1.96. The normalized spacial score (nSPS) is 9.75. The van der Waals surface area contributed by atoms with E-state index in [0.717, 1.165) is 24.1 Å². The highest BCUT2D eigenvalue weighted by molar-refractivity contribution is 5.92. The standard InChI is InChI=1S/C16H15N3O/c17-9-6-16(20)19-15-3-1-2-14(12-15)5-4-13-7-10-18-11-8-13/h1-3,7-8,10-12H,4-6H2,(H,19,20). The van der Waals surface area contributed by atoms with Crippen LogP contribution < -0.4 is 5.32 Å². The second-order valence-electron chi connectivity index (χ2n) is 4.44. The van der Waals surface area contributed by atoms with Crippen molar-refractivity contribution < 1.29 is 4.79 Å². The minimum atomic E-state index is -0.279. The van der Waals surface area contributed by atoms with Crippen LogP contribution in [0.2, 0.25) is 0 Å². The third-order valence-electron chi connectivity index (χ3n) is 2.90. The number of nitrogens with zero attached hydrogens (tertiary/aromatic N) is 2. The lowest BCUT2D eigenvalue weighted by molar-refractivity contribution is -0.115. The number of rotatable bonds is 5. The number of carbonyl (C=O) groups is 1. The van der Waals surface area contributed by atoms with Crippen molar-refractivity contribution in [2.75, 3.05) is 5.32 Å². The minimum absolute atomic E-state index is 0.124. The number of amides is 1. The fourth-order valence-electron chi connectivity index (χ4n) is 1.92. The molecule has 0 atom stereocenters. The van der Waals surface area contributed by atoms with Crippen molar-refractivity contribution in [3.05, 3.63) is 59.9 Å². The van der Waals surface area contributed by atoms with E-state index in [9.17, 15) is 4.79 Å². The third kappa shape index (κ3) is 4.21. The molecule has 1 aromatic carbocycles. The van der Waals surface area contributed by atoms with E-state index in [-0.39, 0.29) is 12.3 Å². The predicted molar refractivity (Wildman–Crippen MR) is 76.9 cm³/mol. The van der Waals surface area contributed by atoms with Crippen molar-refractivity contribution in [1.29, 1.82) is 5.26 Å². The van der Waals surface area contributed by atoms with E-state index in [1.54, 1.807) is 12.4 Å². The topological polar surface area (TPSA) is 65.8 Å². The van der Waals surface area contributed by atoms with Crippen LogP contribution in [-0.4, -0.2) is 10.9 Å². The number of aromatic nitrogens is 1. The summed E-state index contributed by atoms with van der Waals surface area (Å²) in [4.78, 5) is 15.4. The lowest BCUT2D eigenvalue weighted by Crippen LogP contribution is -2.10. The van der Waals surface area contributed by atoms with Crippen LogP contribution in [0.1, 0.15) is 17.5 Å². The van der Waals surface area contributed by atoms with Gasteiger partial charge in [0.2, 0.25) is 5.91 Å². The Morgan fingerprint density at radius 3 is 2.65 bits per heavy atom. The number of anilines is 1. The smallest absolute Gasteiger partial charge is 0.238 e. The number of hydrogen-bond acceptors (Lipinski definition) is 3. The summed E-state index contributed by atoms with van der Waals surface area (Å²) in [5, 5.41) is 11.2. The summed E-state index contributed by atoms with van der Waals surface area (Å²) < 4.78 is 0. The summed E-state index contributed by atoms with van der Waals surface area (Å²) in [6.45, 7) is 0. The van der Waals surface area contributed by atoms with Crippen molar-refractivity contribution in [1.82, 2.24) is 4.98 Å². The molecule has 2 aromatic rings. The summed E-state index contributed by atoms with van der Waals surface area (Å²) >= 11 is 0. The van der Waals surface area contributed by atoms with Crippen LogP contribution in [0.3, 0.4) is 0 Å². The van der Waals surface area contributed by atoms with Gasteiger partial charge in [-0.05, 0) is 48.2 Å². The summed E-state index contributed by atoms with van der Waals surface area (Å²) in [5.74, 6) is -0.279. The number of carbonyl (C=O) groups excluding carboxylic acids is 1. The second-order valence-corrected chi connectivity index (χ2v) is 4.44. The number of aryl methyl sites for hydroxylation is 2. The Bertz CT molecular complexity index is 617. The molecule has 1 heterocycles. The van der Waals surface area contributed by atoms with Crippen molar-refractivity contribution in [2.24, 2.45) is 0 Å². The number of nitriles is 1. The first-order valence-electron chi connectivity index (χ1n) is 6.42. The molecule has 1 N–H and O–H groups in total. The van der Waals surface area contributed by atoms with Gasteiger partial charge in [0.25, 0.3) is 0 Å². The highest BCUT2D eigenvalue weighted by Gasteiger charge is 2.02. The van der Waals surface area contributed by atoms with Gasteiger partial charge in [0.1, 0.15) is 6.42 Å². The van der Waals surface area contributed by atoms with E-state index in [2.05, 4.69) is 10.3 Å². The highest BCUT2D eigenvalue weighted by atomic mass is 16.1. The number of hydrogen-bond donors (Lipinski definition) is 1. The van der Waals surface area contributed by atoms with E-state index in [1.165, 1.54) is 5.56 Å². The Morgan fingerprint density at radius 2 is 1.90 bits per heavy atom. The molecule has 0 aliphatic heterocycles. The van der Waals surface area contributed by atoms with Crippen LogP contribution in [0.4, 0.5) is 5.69 Å². The first-order chi connectivity index (χ1) is 9.78. The molecular weight excluding hydrogens is 250 g/mol. The van der Waals surface area contributed by atoms with E-state index >= 15 is 0 Å². The molecule has 0 bridgehead atoms. The number of pyridine rings is 1. The summed E-state index contributed by atoms with van der Waals surface area (Å²) in [5.41, 5.74) is 3.12. The Labute approximate surface area is 118 Å². The largest absolute Gasteiger partial charge is 0.325 e. The van der Waals surface area contributed by atoms with Crippen LogP contribution in [0.15, 0.2) is 48.8 Å². The van der Waals surface area contributed by atoms with Crippen LogP contribution >= 0.6 is 0 Å². The molecule has 0 unspecified atom stereocenters. The van der Waals surface area contributed by atoms with Gasteiger partial charge in [-0.2, -0.15) is 5.26 Å². The molecule has 0 fully saturated rings. The monoisotopic (exact) mass is 265 g/mol. The van der Waals surface area contributed by atoms with Crippen molar-refractivity contribution >= 4 is 11.6 Å². The van der Waals surface area contributed by atoms with Crippen LogP contribution in [-0.2, 0) is 17.6 Å². The third-order valence-corrected chi connectivity index (χ3v) is 2.90. The molecular formula is C16H15N3O. The highest BCUT2D eigenvalue weighted by Crippen LogP contribution is 2.13. The predicted octanol–water partition coefficient (Wildman–Crippen LogP) is 2.72. The fraction of sp³-hybridized carbons (Fsp3) is 0.188. The van der Waals surface area contributed by atoms with Gasteiger partial charge < -0.3 is 5.32 Å². The maximum absolute atomic E-state index is 11.4. The molecule has 0 aliphatic carbocycles. The van der Waals surface area contributed by atoms with Crippen molar-refractivity contribution in [3.63, 3.8) is 0 Å². The maximum atomic E-state index is 11.4. The van der Waals surface area contributed by atoms with E-state index in [0.29, 0.717) is 0 Å². The lowest BCUT2D eigenvalue weighted by Gasteiger charge is -2.06. The van der Waals surface area contributed by atoms with E-state index in [4.69, 9.17) is 5.26 Å². The quantitative estimate of drug-likeness (QED) is 0.904. The fourth-order valence-corrected chi connectivity index (χ4v) is 1.92. The zero-order valence-electron chi connectivity index (χ0n) is 11.0. The van der Waals surface area contributed by atoms with Gasteiger partial charge in [-0.3, -0.25) is 9.78 Å². The molecule has 0 aliphatic rings. The second kappa shape index (κ2) is 7.05. The minimum Gasteiger partial charge on any atom is -0.325 e. The average molecular weight is 265 g/mol. The Hall–Kier alpha value is -2.67. The first-order valence-corrected chi connectivity index (χ1v) is 6.42. The van der Waals surface area contributed by atoms with Gasteiger partial charge in [-0.25, -0.2) is 0 Å².